The number of rotatable bonds is 8. The summed E-state index contributed by atoms with van der Waals surface area (Å²) in [5.41, 5.74) is 19.6. The van der Waals surface area contributed by atoms with Crippen molar-refractivity contribution in [1.82, 2.24) is 4.57 Å². The molecule has 0 aliphatic carbocycles. The van der Waals surface area contributed by atoms with E-state index in [1.165, 1.54) is 21.8 Å². The van der Waals surface area contributed by atoms with Crippen LogP contribution >= 0.6 is 0 Å². The molecule has 0 fully saturated rings. The minimum Gasteiger partial charge on any atom is -0.398 e. The summed E-state index contributed by atoms with van der Waals surface area (Å²) >= 11 is 0. The number of allylic oxidation sites excluding steroid dienone is 1. The number of benzene rings is 7. The van der Waals surface area contributed by atoms with Crippen LogP contribution in [0.2, 0.25) is 0 Å². The molecule has 0 aliphatic rings. The molecule has 0 saturated carbocycles. The molecule has 7 aromatic carbocycles. The van der Waals surface area contributed by atoms with Crippen molar-refractivity contribution in [2.24, 2.45) is 10.7 Å². The van der Waals surface area contributed by atoms with Crippen molar-refractivity contribution in [3.05, 3.63) is 205 Å². The third kappa shape index (κ3) is 6.18. The Balaban J connectivity index is 1.21. The van der Waals surface area contributed by atoms with E-state index in [0.29, 0.717) is 12.2 Å². The third-order valence-corrected chi connectivity index (χ3v) is 9.05. The Kier molecular flexibility index (Phi) is 8.15. The SMILES string of the molecule is N/C(=C\C(=NCc1ccccc1)c1ccccc1)c1cc(-c2ccccc2)cc(-c2ccc(-n3c4ccccc4c4ccccc43)cc2)c1. The monoisotopic (exact) mass is 629 g/mol. The van der Waals surface area contributed by atoms with E-state index in [2.05, 4.69) is 144 Å². The quantitative estimate of drug-likeness (QED) is 0.167. The lowest BCUT2D eigenvalue weighted by Gasteiger charge is -2.13. The average Bonchev–Trinajstić information content (AvgIpc) is 3.52. The van der Waals surface area contributed by atoms with Crippen molar-refractivity contribution < 1.29 is 0 Å². The highest BCUT2D eigenvalue weighted by Gasteiger charge is 2.13. The predicted octanol–water partition coefficient (Wildman–Crippen LogP) is 11.1. The molecule has 1 heterocycles. The zero-order valence-electron chi connectivity index (χ0n) is 27.1. The summed E-state index contributed by atoms with van der Waals surface area (Å²) < 4.78 is 2.35. The van der Waals surface area contributed by atoms with Crippen LogP contribution in [-0.2, 0) is 6.54 Å². The Morgan fingerprint density at radius 1 is 0.490 bits per heavy atom. The molecule has 0 atom stereocenters. The van der Waals surface area contributed by atoms with E-state index in [1.807, 2.05) is 48.5 Å². The lowest BCUT2D eigenvalue weighted by molar-refractivity contribution is 1.07. The molecule has 3 heteroatoms. The Morgan fingerprint density at radius 2 is 1.00 bits per heavy atom. The second-order valence-corrected chi connectivity index (χ2v) is 12.2. The maximum atomic E-state index is 6.97. The van der Waals surface area contributed by atoms with Gasteiger partial charge in [-0.25, -0.2) is 0 Å². The molecule has 0 unspecified atom stereocenters. The summed E-state index contributed by atoms with van der Waals surface area (Å²) in [6.07, 6.45) is 2.01. The molecule has 3 nitrogen and oxygen atoms in total. The Morgan fingerprint density at radius 3 is 1.61 bits per heavy atom. The van der Waals surface area contributed by atoms with Crippen LogP contribution in [0.15, 0.2) is 193 Å². The van der Waals surface area contributed by atoms with E-state index < -0.39 is 0 Å². The van der Waals surface area contributed by atoms with Crippen LogP contribution < -0.4 is 5.73 Å². The van der Waals surface area contributed by atoms with Gasteiger partial charge in [-0.2, -0.15) is 0 Å². The molecule has 234 valence electrons. The minimum atomic E-state index is 0.572. The second-order valence-electron chi connectivity index (χ2n) is 12.2. The summed E-state index contributed by atoms with van der Waals surface area (Å²) in [6.45, 7) is 0.572. The molecular formula is C46H35N3. The highest BCUT2D eigenvalue weighted by atomic mass is 15.0. The van der Waals surface area contributed by atoms with Crippen molar-refractivity contribution in [2.45, 2.75) is 6.54 Å². The van der Waals surface area contributed by atoms with Gasteiger partial charge in [0.15, 0.2) is 0 Å². The number of aromatic nitrogens is 1. The first-order valence-electron chi connectivity index (χ1n) is 16.6. The molecule has 0 radical (unpaired) electrons. The van der Waals surface area contributed by atoms with Gasteiger partial charge in [0.1, 0.15) is 0 Å². The first kappa shape index (κ1) is 29.9. The van der Waals surface area contributed by atoms with Gasteiger partial charge in [-0.05, 0) is 87.5 Å². The summed E-state index contributed by atoms with van der Waals surface area (Å²) in [4.78, 5) is 5.03. The van der Waals surface area contributed by atoms with Crippen molar-refractivity contribution >= 4 is 33.2 Å². The summed E-state index contributed by atoms with van der Waals surface area (Å²) in [5.74, 6) is 0. The van der Waals surface area contributed by atoms with E-state index in [9.17, 15) is 0 Å². The molecule has 8 rings (SSSR count). The number of aliphatic imine (C=N–C) groups is 1. The number of hydrogen-bond acceptors (Lipinski definition) is 2. The molecule has 1 aromatic heterocycles. The molecule has 49 heavy (non-hydrogen) atoms. The van der Waals surface area contributed by atoms with E-state index in [1.54, 1.807) is 0 Å². The fourth-order valence-corrected chi connectivity index (χ4v) is 6.58. The molecule has 0 saturated heterocycles. The molecule has 2 N–H and O–H groups in total. The van der Waals surface area contributed by atoms with E-state index in [4.69, 9.17) is 10.7 Å². The van der Waals surface area contributed by atoms with E-state index in [0.717, 1.165) is 50.3 Å². The molecule has 0 aliphatic heterocycles. The van der Waals surface area contributed by atoms with E-state index >= 15 is 0 Å². The number of para-hydroxylation sites is 2. The Hall–Kier alpha value is -6.45. The number of fused-ring (bicyclic) bond motifs is 3. The van der Waals surface area contributed by atoms with Gasteiger partial charge in [-0.1, -0.05) is 140 Å². The molecular weight excluding hydrogens is 595 g/mol. The Labute approximate surface area is 287 Å². The standard InChI is InChI=1S/C46H35N3/c47-43(31-44(36-18-8-3-9-19-36)48-32-33-14-4-1-5-15-33)39-29-37(34-16-6-2-7-17-34)28-38(30-39)35-24-26-40(27-25-35)49-45-22-12-10-20-41(45)42-21-11-13-23-46(42)49/h1-31H,32,47H2/b43-31-,48-44?. The molecule has 8 aromatic rings. The van der Waals surface area contributed by atoms with Gasteiger partial charge in [0.05, 0.1) is 23.3 Å². The fourth-order valence-electron chi connectivity index (χ4n) is 6.58. The van der Waals surface area contributed by atoms with Crippen LogP contribution in [0.3, 0.4) is 0 Å². The zero-order chi connectivity index (χ0) is 33.0. The van der Waals surface area contributed by atoms with Crippen molar-refractivity contribution in [2.75, 3.05) is 0 Å². The number of nitrogens with zero attached hydrogens (tertiary/aromatic N) is 2. The van der Waals surface area contributed by atoms with Crippen LogP contribution in [0.4, 0.5) is 0 Å². The summed E-state index contributed by atoms with van der Waals surface area (Å²) in [6, 6.07) is 63.7. The van der Waals surface area contributed by atoms with Crippen LogP contribution in [-0.4, -0.2) is 10.3 Å². The van der Waals surface area contributed by atoms with Crippen LogP contribution in [0.1, 0.15) is 16.7 Å². The summed E-state index contributed by atoms with van der Waals surface area (Å²) in [7, 11) is 0. The largest absolute Gasteiger partial charge is 0.398 e. The predicted molar refractivity (Wildman–Crippen MR) is 207 cm³/mol. The van der Waals surface area contributed by atoms with Crippen molar-refractivity contribution in [3.63, 3.8) is 0 Å². The van der Waals surface area contributed by atoms with Gasteiger partial charge >= 0.3 is 0 Å². The van der Waals surface area contributed by atoms with Gasteiger partial charge in [0.25, 0.3) is 0 Å². The van der Waals surface area contributed by atoms with Gasteiger partial charge in [0.2, 0.25) is 0 Å². The lowest BCUT2D eigenvalue weighted by atomic mass is 9.94. The van der Waals surface area contributed by atoms with E-state index in [-0.39, 0.29) is 0 Å². The third-order valence-electron chi connectivity index (χ3n) is 9.05. The number of hydrogen-bond donors (Lipinski definition) is 1. The highest BCUT2D eigenvalue weighted by molar-refractivity contribution is 6.12. The maximum Gasteiger partial charge on any atom is 0.0671 e. The molecule has 0 amide bonds. The zero-order valence-corrected chi connectivity index (χ0v) is 27.1. The highest BCUT2D eigenvalue weighted by Crippen LogP contribution is 2.34. The number of nitrogens with two attached hydrogens (primary N) is 1. The van der Waals surface area contributed by atoms with Crippen LogP contribution in [0.25, 0.3) is 55.4 Å². The lowest BCUT2D eigenvalue weighted by Crippen LogP contribution is -2.05. The topological polar surface area (TPSA) is 43.3 Å². The molecule has 0 spiro atoms. The van der Waals surface area contributed by atoms with Gasteiger partial charge in [0, 0.05) is 22.2 Å². The molecule has 0 bridgehead atoms. The van der Waals surface area contributed by atoms with Gasteiger partial charge in [-0.3, -0.25) is 4.99 Å². The van der Waals surface area contributed by atoms with Crippen molar-refractivity contribution in [3.8, 4) is 27.9 Å². The van der Waals surface area contributed by atoms with Crippen molar-refractivity contribution in [1.29, 1.82) is 0 Å². The maximum absolute atomic E-state index is 6.97. The van der Waals surface area contributed by atoms with Gasteiger partial charge < -0.3 is 10.3 Å². The average molecular weight is 630 g/mol. The first-order chi connectivity index (χ1) is 24.2. The van der Waals surface area contributed by atoms with Crippen LogP contribution in [0, 0.1) is 0 Å². The summed E-state index contributed by atoms with van der Waals surface area (Å²) in [5, 5.41) is 2.51. The normalized spacial score (nSPS) is 12.1. The van der Waals surface area contributed by atoms with Crippen LogP contribution in [0.5, 0.6) is 0 Å². The Bertz CT molecular complexity index is 2380. The fraction of sp³-hybridized carbons (Fsp3) is 0.0217. The minimum absolute atomic E-state index is 0.572. The van der Waals surface area contributed by atoms with Gasteiger partial charge in [-0.15, -0.1) is 0 Å². The first-order valence-corrected chi connectivity index (χ1v) is 16.6. The smallest absolute Gasteiger partial charge is 0.0671 e. The second kappa shape index (κ2) is 13.3.